The highest BCUT2D eigenvalue weighted by Crippen LogP contribution is 2.30. The van der Waals surface area contributed by atoms with Gasteiger partial charge >= 0.3 is 0 Å². The standard InChI is InChI=1S/C23H23N3O3/c24-23(28)17-8-10-20(26-12-4-1-5-13-26)19(15-17)25-22(27)11-9-18-14-16-6-2-3-7-21(16)29-18/h2-3,6-11,14-15H,1,4-5,12-13H2,(H2,24,28)(H,25,27)/b11-9+. The van der Waals surface area contributed by atoms with Crippen molar-refractivity contribution >= 4 is 40.2 Å². The van der Waals surface area contributed by atoms with Crippen LogP contribution in [-0.2, 0) is 4.79 Å². The number of benzene rings is 2. The normalized spacial score (nSPS) is 14.4. The van der Waals surface area contributed by atoms with E-state index in [1.165, 1.54) is 12.5 Å². The quantitative estimate of drug-likeness (QED) is 0.641. The molecule has 4 rings (SSSR count). The van der Waals surface area contributed by atoms with Crippen molar-refractivity contribution in [3.8, 4) is 0 Å². The van der Waals surface area contributed by atoms with E-state index >= 15 is 0 Å². The summed E-state index contributed by atoms with van der Waals surface area (Å²) in [4.78, 5) is 26.4. The summed E-state index contributed by atoms with van der Waals surface area (Å²) >= 11 is 0. The first-order chi connectivity index (χ1) is 14.1. The predicted octanol–water partition coefficient (Wildman–Crippen LogP) is 4.17. The fourth-order valence-electron chi connectivity index (χ4n) is 3.62. The van der Waals surface area contributed by atoms with Gasteiger partial charge in [-0.15, -0.1) is 0 Å². The Labute approximate surface area is 169 Å². The molecule has 0 spiro atoms. The Balaban J connectivity index is 1.55. The van der Waals surface area contributed by atoms with Gasteiger partial charge in [-0.1, -0.05) is 18.2 Å². The van der Waals surface area contributed by atoms with Crippen molar-refractivity contribution in [3.63, 3.8) is 0 Å². The minimum absolute atomic E-state index is 0.301. The Morgan fingerprint density at radius 2 is 1.83 bits per heavy atom. The van der Waals surface area contributed by atoms with Crippen LogP contribution in [0.3, 0.4) is 0 Å². The minimum Gasteiger partial charge on any atom is -0.457 e. The molecule has 29 heavy (non-hydrogen) atoms. The van der Waals surface area contributed by atoms with Gasteiger partial charge in [-0.05, 0) is 55.7 Å². The van der Waals surface area contributed by atoms with Gasteiger partial charge in [0.2, 0.25) is 11.8 Å². The molecule has 0 radical (unpaired) electrons. The molecule has 1 fully saturated rings. The molecule has 6 nitrogen and oxygen atoms in total. The van der Waals surface area contributed by atoms with Crippen LogP contribution in [0, 0.1) is 0 Å². The summed E-state index contributed by atoms with van der Waals surface area (Å²) in [5.41, 5.74) is 8.05. The first kappa shape index (κ1) is 18.8. The topological polar surface area (TPSA) is 88.6 Å². The third-order valence-electron chi connectivity index (χ3n) is 5.08. The summed E-state index contributed by atoms with van der Waals surface area (Å²) in [6.07, 6.45) is 6.48. The van der Waals surface area contributed by atoms with E-state index < -0.39 is 5.91 Å². The third kappa shape index (κ3) is 4.32. The molecule has 148 valence electrons. The summed E-state index contributed by atoms with van der Waals surface area (Å²) in [6.45, 7) is 1.85. The van der Waals surface area contributed by atoms with Crippen molar-refractivity contribution in [3.05, 3.63) is 65.9 Å². The second kappa shape index (κ2) is 8.22. The molecule has 1 aromatic heterocycles. The summed E-state index contributed by atoms with van der Waals surface area (Å²) in [6, 6.07) is 14.7. The van der Waals surface area contributed by atoms with E-state index in [0.29, 0.717) is 17.0 Å². The molecule has 1 aliphatic rings. The number of anilines is 2. The highest BCUT2D eigenvalue weighted by molar-refractivity contribution is 6.05. The molecule has 0 atom stereocenters. The van der Waals surface area contributed by atoms with Crippen LogP contribution < -0.4 is 16.0 Å². The first-order valence-electron chi connectivity index (χ1n) is 9.76. The predicted molar refractivity (Wildman–Crippen MR) is 115 cm³/mol. The number of carbonyl (C=O) groups is 2. The number of piperidine rings is 1. The number of rotatable bonds is 5. The van der Waals surface area contributed by atoms with E-state index in [1.54, 1.807) is 18.2 Å². The van der Waals surface area contributed by atoms with Crippen LogP contribution in [0.5, 0.6) is 0 Å². The number of nitrogens with one attached hydrogen (secondary N) is 1. The number of amides is 2. The van der Waals surface area contributed by atoms with Crippen molar-refractivity contribution in [2.45, 2.75) is 19.3 Å². The van der Waals surface area contributed by atoms with E-state index in [4.69, 9.17) is 10.2 Å². The van der Waals surface area contributed by atoms with Gasteiger partial charge in [0.15, 0.2) is 0 Å². The Morgan fingerprint density at radius 3 is 2.59 bits per heavy atom. The van der Waals surface area contributed by atoms with Gasteiger partial charge in [0.25, 0.3) is 0 Å². The average molecular weight is 389 g/mol. The van der Waals surface area contributed by atoms with Gasteiger partial charge < -0.3 is 20.4 Å². The molecule has 3 N–H and O–H groups in total. The second-order valence-electron chi connectivity index (χ2n) is 7.15. The number of hydrogen-bond donors (Lipinski definition) is 2. The van der Waals surface area contributed by atoms with E-state index in [2.05, 4.69) is 10.2 Å². The van der Waals surface area contributed by atoms with Crippen molar-refractivity contribution in [2.75, 3.05) is 23.3 Å². The smallest absolute Gasteiger partial charge is 0.248 e. The Morgan fingerprint density at radius 1 is 1.03 bits per heavy atom. The van der Waals surface area contributed by atoms with E-state index in [-0.39, 0.29) is 5.91 Å². The van der Waals surface area contributed by atoms with Gasteiger partial charge in [-0.2, -0.15) is 0 Å². The number of furan rings is 1. The fraction of sp³-hybridized carbons (Fsp3) is 0.217. The third-order valence-corrected chi connectivity index (χ3v) is 5.08. The molecular formula is C23H23N3O3. The van der Waals surface area contributed by atoms with Crippen LogP contribution in [0.25, 0.3) is 17.0 Å². The molecule has 0 unspecified atom stereocenters. The maximum absolute atomic E-state index is 12.5. The summed E-state index contributed by atoms with van der Waals surface area (Å²) in [5, 5.41) is 3.87. The summed E-state index contributed by atoms with van der Waals surface area (Å²) in [7, 11) is 0. The van der Waals surface area contributed by atoms with Crippen LogP contribution in [0.1, 0.15) is 35.4 Å². The molecule has 0 saturated carbocycles. The number of fused-ring (bicyclic) bond motifs is 1. The average Bonchev–Trinajstić information content (AvgIpc) is 3.16. The number of para-hydroxylation sites is 1. The van der Waals surface area contributed by atoms with Crippen LogP contribution in [0.2, 0.25) is 0 Å². The Bertz CT molecular complexity index is 1040. The second-order valence-corrected chi connectivity index (χ2v) is 7.15. The summed E-state index contributed by atoms with van der Waals surface area (Å²) < 4.78 is 5.70. The fourth-order valence-corrected chi connectivity index (χ4v) is 3.62. The van der Waals surface area contributed by atoms with Gasteiger partial charge in [-0.25, -0.2) is 0 Å². The minimum atomic E-state index is -0.525. The lowest BCUT2D eigenvalue weighted by Crippen LogP contribution is -2.30. The Hall–Kier alpha value is -3.54. The Kier molecular flexibility index (Phi) is 5.33. The van der Waals surface area contributed by atoms with E-state index in [9.17, 15) is 9.59 Å². The molecule has 2 amide bonds. The highest BCUT2D eigenvalue weighted by Gasteiger charge is 2.17. The van der Waals surface area contributed by atoms with E-state index in [1.807, 2.05) is 36.4 Å². The molecule has 2 aromatic carbocycles. The van der Waals surface area contributed by atoms with E-state index in [0.717, 1.165) is 42.6 Å². The molecule has 3 aromatic rings. The monoisotopic (exact) mass is 389 g/mol. The van der Waals surface area contributed by atoms with Crippen molar-refractivity contribution in [1.29, 1.82) is 0 Å². The molecule has 1 saturated heterocycles. The van der Waals surface area contributed by atoms with Crippen LogP contribution >= 0.6 is 0 Å². The van der Waals surface area contributed by atoms with Gasteiger partial charge in [0.05, 0.1) is 11.4 Å². The highest BCUT2D eigenvalue weighted by atomic mass is 16.3. The van der Waals surface area contributed by atoms with Gasteiger partial charge in [-0.3, -0.25) is 9.59 Å². The van der Waals surface area contributed by atoms with Crippen LogP contribution in [0.15, 0.2) is 59.0 Å². The zero-order valence-electron chi connectivity index (χ0n) is 16.1. The maximum Gasteiger partial charge on any atom is 0.248 e. The molecule has 0 aliphatic carbocycles. The largest absolute Gasteiger partial charge is 0.457 e. The van der Waals surface area contributed by atoms with Crippen molar-refractivity contribution in [2.24, 2.45) is 5.73 Å². The number of hydrogen-bond acceptors (Lipinski definition) is 4. The number of nitrogens with zero attached hydrogens (tertiary/aromatic N) is 1. The number of primary amides is 1. The lowest BCUT2D eigenvalue weighted by atomic mass is 10.1. The number of nitrogens with two attached hydrogens (primary N) is 1. The van der Waals surface area contributed by atoms with Gasteiger partial charge in [0.1, 0.15) is 11.3 Å². The molecule has 2 heterocycles. The summed E-state index contributed by atoms with van der Waals surface area (Å²) in [5.74, 6) is -0.225. The van der Waals surface area contributed by atoms with Crippen molar-refractivity contribution in [1.82, 2.24) is 0 Å². The lowest BCUT2D eigenvalue weighted by Gasteiger charge is -2.30. The van der Waals surface area contributed by atoms with Crippen molar-refractivity contribution < 1.29 is 14.0 Å². The van der Waals surface area contributed by atoms with Gasteiger partial charge in [0, 0.05) is 30.1 Å². The SMILES string of the molecule is NC(=O)c1ccc(N2CCCCC2)c(NC(=O)/C=C/c2cc3ccccc3o2)c1. The maximum atomic E-state index is 12.5. The zero-order chi connectivity index (χ0) is 20.2. The van der Waals surface area contributed by atoms with Crippen LogP contribution in [-0.4, -0.2) is 24.9 Å². The molecule has 6 heteroatoms. The zero-order valence-corrected chi connectivity index (χ0v) is 16.1. The first-order valence-corrected chi connectivity index (χ1v) is 9.76. The molecular weight excluding hydrogens is 366 g/mol. The lowest BCUT2D eigenvalue weighted by molar-refractivity contribution is -0.111. The molecule has 1 aliphatic heterocycles. The molecule has 0 bridgehead atoms. The van der Waals surface area contributed by atoms with Crippen LogP contribution in [0.4, 0.5) is 11.4 Å². The number of carbonyl (C=O) groups excluding carboxylic acids is 2.